The van der Waals surface area contributed by atoms with Crippen LogP contribution in [0.3, 0.4) is 0 Å². The normalized spacial score (nSPS) is 17.1. The van der Waals surface area contributed by atoms with Crippen molar-refractivity contribution in [3.05, 3.63) is 47.8 Å². The first-order chi connectivity index (χ1) is 17.5. The predicted molar refractivity (Wildman–Crippen MR) is 126 cm³/mol. The topological polar surface area (TPSA) is 144 Å². The molecule has 1 unspecified atom stereocenters. The van der Waals surface area contributed by atoms with Gasteiger partial charge in [0.2, 0.25) is 13.6 Å². The fraction of sp³-hybridized carbons (Fsp3) is 0.200. The molecule has 0 fully saturated rings. The summed E-state index contributed by atoms with van der Waals surface area (Å²) in [7, 11) is 0. The lowest BCUT2D eigenvalue weighted by atomic mass is 9.95. The third-order valence-corrected chi connectivity index (χ3v) is 6.65. The van der Waals surface area contributed by atoms with Gasteiger partial charge >= 0.3 is 0 Å². The number of imide groups is 1. The summed E-state index contributed by atoms with van der Waals surface area (Å²) in [5, 5.41) is 23.2. The highest BCUT2D eigenvalue weighted by atomic mass is 16.7. The molecule has 2 aromatic heterocycles. The highest BCUT2D eigenvalue weighted by Crippen LogP contribution is 2.48. The van der Waals surface area contributed by atoms with Gasteiger partial charge in [0.1, 0.15) is 0 Å². The number of rotatable bonds is 5. The van der Waals surface area contributed by atoms with E-state index in [0.717, 1.165) is 5.52 Å². The van der Waals surface area contributed by atoms with Gasteiger partial charge in [-0.2, -0.15) is 0 Å². The molecule has 182 valence electrons. The lowest BCUT2D eigenvalue weighted by Gasteiger charge is -2.09. The van der Waals surface area contributed by atoms with Crippen molar-refractivity contribution in [3.63, 3.8) is 0 Å². The maximum Gasteiger partial charge on any atom is 0.259 e. The number of hydrogen-bond acceptors (Lipinski definition) is 8. The number of aromatic amines is 1. The lowest BCUT2D eigenvalue weighted by Crippen LogP contribution is -2.22. The smallest absolute Gasteiger partial charge is 0.259 e. The molecule has 0 bridgehead atoms. The first-order valence-corrected chi connectivity index (χ1v) is 11.3. The maximum atomic E-state index is 13.3. The third kappa shape index (κ3) is 2.81. The van der Waals surface area contributed by atoms with Crippen molar-refractivity contribution in [2.45, 2.75) is 12.6 Å². The van der Waals surface area contributed by atoms with E-state index in [1.807, 2.05) is 6.07 Å². The fourth-order valence-electron chi connectivity index (χ4n) is 5.13. The number of carbonyl (C=O) groups excluding carboxylic acids is 2. The molecule has 1 atom stereocenters. The number of nitrogens with one attached hydrogen (secondary N) is 2. The molecule has 3 aliphatic rings. The van der Waals surface area contributed by atoms with Crippen LogP contribution in [0.25, 0.3) is 33.0 Å². The van der Waals surface area contributed by atoms with Crippen molar-refractivity contribution in [1.29, 1.82) is 0 Å². The zero-order valence-corrected chi connectivity index (χ0v) is 18.7. The number of aliphatic hydroxyl groups is 2. The Balaban J connectivity index is 1.53. The molecule has 4 aromatic rings. The van der Waals surface area contributed by atoms with Crippen LogP contribution < -0.4 is 24.3 Å². The van der Waals surface area contributed by atoms with E-state index in [0.29, 0.717) is 50.4 Å². The van der Waals surface area contributed by atoms with E-state index < -0.39 is 24.5 Å². The van der Waals surface area contributed by atoms with Crippen LogP contribution in [0.2, 0.25) is 0 Å². The van der Waals surface area contributed by atoms with Crippen LogP contribution in [0.1, 0.15) is 11.1 Å². The number of amides is 2. The summed E-state index contributed by atoms with van der Waals surface area (Å²) in [4.78, 5) is 29.6. The summed E-state index contributed by atoms with van der Waals surface area (Å²) in [5.41, 5.74) is 2.63. The zero-order valence-electron chi connectivity index (χ0n) is 18.7. The number of benzene rings is 2. The van der Waals surface area contributed by atoms with Gasteiger partial charge in [0.25, 0.3) is 11.8 Å². The number of aromatic nitrogens is 2. The number of hydrogen-bond donors (Lipinski definition) is 4. The molecule has 0 aliphatic carbocycles. The summed E-state index contributed by atoms with van der Waals surface area (Å²) >= 11 is 0. The molecule has 0 radical (unpaired) electrons. The number of nitrogens with zero attached hydrogens (tertiary/aromatic N) is 1. The molecule has 0 saturated carbocycles. The SMILES string of the molecule is O=C1NC(=O)C(c2cn(CC(O)CO)c3ccc4c(c23)OCO4)=C1c1c[nH]c2ccc3c(c12)OCO3. The van der Waals surface area contributed by atoms with E-state index >= 15 is 0 Å². The Morgan fingerprint density at radius 1 is 0.889 bits per heavy atom. The lowest BCUT2D eigenvalue weighted by molar-refractivity contribution is -0.122. The van der Waals surface area contributed by atoms with E-state index in [9.17, 15) is 19.8 Å². The molecule has 7 rings (SSSR count). The van der Waals surface area contributed by atoms with Crippen LogP contribution in [0.4, 0.5) is 0 Å². The number of H-pyrrole nitrogens is 1. The number of carbonyl (C=O) groups is 2. The molecule has 11 heteroatoms. The first-order valence-electron chi connectivity index (χ1n) is 11.3. The second-order valence-electron chi connectivity index (χ2n) is 8.68. The van der Waals surface area contributed by atoms with Crippen molar-refractivity contribution in [3.8, 4) is 23.0 Å². The monoisotopic (exact) mass is 489 g/mol. The Morgan fingerprint density at radius 3 is 2.28 bits per heavy atom. The maximum absolute atomic E-state index is 13.3. The van der Waals surface area contributed by atoms with Crippen molar-refractivity contribution >= 4 is 44.8 Å². The van der Waals surface area contributed by atoms with E-state index in [4.69, 9.17) is 18.9 Å². The first kappa shape index (κ1) is 20.9. The Hall–Kier alpha value is -4.48. The zero-order chi connectivity index (χ0) is 24.6. The molecule has 0 spiro atoms. The van der Waals surface area contributed by atoms with Gasteiger partial charge in [0.05, 0.1) is 52.2 Å². The largest absolute Gasteiger partial charge is 0.454 e. The molecular formula is C25H19N3O8. The molecule has 3 aliphatic heterocycles. The molecule has 11 nitrogen and oxygen atoms in total. The van der Waals surface area contributed by atoms with Crippen LogP contribution in [0, 0.1) is 0 Å². The summed E-state index contributed by atoms with van der Waals surface area (Å²) < 4.78 is 24.2. The quantitative estimate of drug-likeness (QED) is 0.309. The van der Waals surface area contributed by atoms with Crippen molar-refractivity contribution < 1.29 is 38.7 Å². The Kier molecular flexibility index (Phi) is 4.35. The van der Waals surface area contributed by atoms with Gasteiger partial charge in [-0.05, 0) is 24.3 Å². The van der Waals surface area contributed by atoms with Crippen LogP contribution in [-0.2, 0) is 16.1 Å². The summed E-state index contributed by atoms with van der Waals surface area (Å²) in [6, 6.07) is 7.13. The van der Waals surface area contributed by atoms with Gasteiger partial charge in [-0.15, -0.1) is 0 Å². The van der Waals surface area contributed by atoms with Crippen LogP contribution in [0.5, 0.6) is 23.0 Å². The average Bonchev–Trinajstić information content (AvgIpc) is 3.67. The molecular weight excluding hydrogens is 470 g/mol. The summed E-state index contributed by atoms with van der Waals surface area (Å²) in [6.45, 7) is -0.298. The van der Waals surface area contributed by atoms with E-state index in [2.05, 4.69) is 10.3 Å². The third-order valence-electron chi connectivity index (χ3n) is 6.65. The second kappa shape index (κ2) is 7.51. The fourth-order valence-corrected chi connectivity index (χ4v) is 5.13. The van der Waals surface area contributed by atoms with Gasteiger partial charge in [-0.25, -0.2) is 0 Å². The molecule has 36 heavy (non-hydrogen) atoms. The number of fused-ring (bicyclic) bond motifs is 6. The summed E-state index contributed by atoms with van der Waals surface area (Å²) in [5.74, 6) is 0.879. The van der Waals surface area contributed by atoms with Crippen LogP contribution in [0.15, 0.2) is 36.7 Å². The van der Waals surface area contributed by atoms with Crippen LogP contribution >= 0.6 is 0 Å². The average molecular weight is 489 g/mol. The predicted octanol–water partition coefficient (Wildman–Crippen LogP) is 1.50. The van der Waals surface area contributed by atoms with Crippen molar-refractivity contribution in [1.82, 2.24) is 14.9 Å². The minimum absolute atomic E-state index is 0.0152. The Morgan fingerprint density at radius 2 is 1.56 bits per heavy atom. The highest BCUT2D eigenvalue weighted by Gasteiger charge is 2.37. The van der Waals surface area contributed by atoms with Gasteiger partial charge in [0, 0.05) is 23.5 Å². The minimum atomic E-state index is -1.03. The molecule has 0 saturated heterocycles. The van der Waals surface area contributed by atoms with Crippen molar-refractivity contribution in [2.75, 3.05) is 20.2 Å². The molecule has 5 heterocycles. The number of aliphatic hydroxyl groups excluding tert-OH is 2. The molecule has 2 amide bonds. The molecule has 4 N–H and O–H groups in total. The minimum Gasteiger partial charge on any atom is -0.454 e. The number of ether oxygens (including phenoxy) is 4. The Labute approximate surface area is 202 Å². The van der Waals surface area contributed by atoms with Crippen molar-refractivity contribution in [2.24, 2.45) is 0 Å². The standard InChI is InChI=1S/C25H19N3O8/c29-8-11(30)6-28-7-13(19-15(28)2-4-17-23(19)36-10-34-17)21-20(24(31)27-25(21)32)12-5-26-14-1-3-16-22(18(12)14)35-9-33-16/h1-5,7,11,26,29-30H,6,8-10H2,(H,27,31,32). The van der Waals surface area contributed by atoms with Gasteiger partial charge in [-0.1, -0.05) is 0 Å². The van der Waals surface area contributed by atoms with E-state index in [-0.39, 0.29) is 31.3 Å². The molecule has 2 aromatic carbocycles. The van der Waals surface area contributed by atoms with Crippen LogP contribution in [-0.4, -0.2) is 57.9 Å². The van der Waals surface area contributed by atoms with Gasteiger partial charge in [0.15, 0.2) is 23.0 Å². The van der Waals surface area contributed by atoms with Gasteiger partial charge < -0.3 is 38.7 Å². The van der Waals surface area contributed by atoms with Gasteiger partial charge in [-0.3, -0.25) is 14.9 Å². The van der Waals surface area contributed by atoms with E-state index in [1.165, 1.54) is 0 Å². The summed E-state index contributed by atoms with van der Waals surface area (Å²) in [6.07, 6.45) is 2.32. The highest BCUT2D eigenvalue weighted by molar-refractivity contribution is 6.51. The Bertz CT molecular complexity index is 1650. The second-order valence-corrected chi connectivity index (χ2v) is 8.68. The van der Waals surface area contributed by atoms with E-state index in [1.54, 1.807) is 35.2 Å².